The number of methoxy groups -OCH3 is 2. The van der Waals surface area contributed by atoms with Gasteiger partial charge >= 0.3 is 5.97 Å². The molecule has 0 bridgehead atoms. The Kier molecular flexibility index (Phi) is 6.13. The Bertz CT molecular complexity index is 1030. The highest BCUT2D eigenvalue weighted by molar-refractivity contribution is 6.01. The van der Waals surface area contributed by atoms with Gasteiger partial charge in [0.25, 0.3) is 0 Å². The minimum atomic E-state index is -1.23. The van der Waals surface area contributed by atoms with Crippen molar-refractivity contribution in [1.82, 2.24) is 0 Å². The summed E-state index contributed by atoms with van der Waals surface area (Å²) in [5.41, 5.74) is 2.20. The largest absolute Gasteiger partial charge is 0.493 e. The first-order valence-electron chi connectivity index (χ1n) is 11.1. The van der Waals surface area contributed by atoms with Crippen molar-refractivity contribution in [2.75, 3.05) is 20.8 Å². The van der Waals surface area contributed by atoms with Crippen molar-refractivity contribution in [2.45, 2.75) is 51.6 Å². The molecule has 0 saturated heterocycles. The highest BCUT2D eigenvalue weighted by Gasteiger charge is 2.36. The minimum absolute atomic E-state index is 0.172. The van der Waals surface area contributed by atoms with E-state index in [2.05, 4.69) is 0 Å². The summed E-state index contributed by atoms with van der Waals surface area (Å²) < 4.78 is 22.9. The zero-order valence-corrected chi connectivity index (χ0v) is 19.2. The van der Waals surface area contributed by atoms with E-state index in [1.165, 1.54) is 13.5 Å². The van der Waals surface area contributed by atoms with Crippen LogP contribution in [0.5, 0.6) is 17.2 Å². The lowest BCUT2D eigenvalue weighted by Gasteiger charge is -2.30. The highest BCUT2D eigenvalue weighted by Crippen LogP contribution is 2.46. The van der Waals surface area contributed by atoms with E-state index in [0.29, 0.717) is 36.2 Å². The zero-order chi connectivity index (χ0) is 22.9. The number of Topliss-reactive ketones (excluding diaryl/α,β-unsaturated/α-hetero) is 1. The number of esters is 1. The van der Waals surface area contributed by atoms with E-state index >= 15 is 0 Å². The van der Waals surface area contributed by atoms with Gasteiger partial charge in [0.15, 0.2) is 22.9 Å². The first-order valence-corrected chi connectivity index (χ1v) is 11.1. The third kappa shape index (κ3) is 4.18. The predicted molar refractivity (Wildman–Crippen MR) is 121 cm³/mol. The van der Waals surface area contributed by atoms with Crippen LogP contribution in [0.1, 0.15) is 55.5 Å². The van der Waals surface area contributed by atoms with Crippen LogP contribution in [0.4, 0.5) is 0 Å². The molecule has 2 aromatic rings. The number of fused-ring (bicyclic) bond motifs is 1. The highest BCUT2D eigenvalue weighted by atomic mass is 16.6. The van der Waals surface area contributed by atoms with Crippen molar-refractivity contribution in [2.24, 2.45) is 5.92 Å². The first-order chi connectivity index (χ1) is 15.3. The maximum atomic E-state index is 12.8. The van der Waals surface area contributed by atoms with E-state index in [9.17, 15) is 9.59 Å². The topological polar surface area (TPSA) is 71.1 Å². The molecule has 6 nitrogen and oxygen atoms in total. The fourth-order valence-electron chi connectivity index (χ4n) is 4.17. The van der Waals surface area contributed by atoms with Crippen molar-refractivity contribution in [3.63, 3.8) is 0 Å². The molecule has 0 N–H and O–H groups in total. The summed E-state index contributed by atoms with van der Waals surface area (Å²) in [4.78, 5) is 24.9. The average molecular weight is 439 g/mol. The summed E-state index contributed by atoms with van der Waals surface area (Å²) >= 11 is 0. The van der Waals surface area contributed by atoms with Gasteiger partial charge in [-0.2, -0.15) is 0 Å². The fourth-order valence-corrected chi connectivity index (χ4v) is 4.17. The van der Waals surface area contributed by atoms with E-state index in [4.69, 9.17) is 18.9 Å². The smallest absolute Gasteiger partial charge is 0.349 e. The van der Waals surface area contributed by atoms with Crippen LogP contribution in [0, 0.1) is 5.92 Å². The first kappa shape index (κ1) is 22.2. The molecular weight excluding hydrogens is 408 g/mol. The van der Waals surface area contributed by atoms with Crippen LogP contribution in [0.3, 0.4) is 0 Å². The van der Waals surface area contributed by atoms with Gasteiger partial charge in [0.1, 0.15) is 0 Å². The molecule has 170 valence electrons. The molecule has 2 aromatic carbocycles. The number of carbonyl (C=O) groups excluding carboxylic acids is 2. The molecule has 0 aliphatic heterocycles. The molecular formula is C26H30O6. The second kappa shape index (κ2) is 8.85. The lowest BCUT2D eigenvalue weighted by atomic mass is 9.86. The van der Waals surface area contributed by atoms with Gasteiger partial charge in [-0.15, -0.1) is 0 Å². The monoisotopic (exact) mass is 438 g/mol. The molecule has 32 heavy (non-hydrogen) atoms. The molecule has 0 unspecified atom stereocenters. The number of benzene rings is 2. The summed E-state index contributed by atoms with van der Waals surface area (Å²) in [6, 6.07) is 9.46. The number of hydrogen-bond donors (Lipinski definition) is 0. The molecule has 1 fully saturated rings. The van der Waals surface area contributed by atoms with Crippen LogP contribution in [-0.2, 0) is 16.0 Å². The summed E-state index contributed by atoms with van der Waals surface area (Å²) in [6.45, 7) is 3.81. The minimum Gasteiger partial charge on any atom is -0.493 e. The standard InChI is InChI=1S/C26H30O6/c1-26(2,25(28)31-15-16-6-5-7-16)32-23-20(11-13-22(29-3)24(23)30-4)18-8-10-19-17(14-18)9-12-21(19)27/h8,10-11,13-14,16H,5-7,9,12,15H2,1-4H3. The number of rotatable bonds is 8. The summed E-state index contributed by atoms with van der Waals surface area (Å²) in [6.07, 6.45) is 4.66. The van der Waals surface area contributed by atoms with Crippen LogP contribution >= 0.6 is 0 Å². The third-order valence-corrected chi connectivity index (χ3v) is 6.36. The quantitative estimate of drug-likeness (QED) is 0.540. The van der Waals surface area contributed by atoms with Crippen LogP contribution in [0.2, 0.25) is 0 Å². The third-order valence-electron chi connectivity index (χ3n) is 6.36. The van der Waals surface area contributed by atoms with Crippen molar-refractivity contribution in [3.05, 3.63) is 41.5 Å². The molecule has 0 heterocycles. The number of ether oxygens (including phenoxy) is 4. The van der Waals surface area contributed by atoms with Gasteiger partial charge in [0.05, 0.1) is 20.8 Å². The SMILES string of the molecule is COc1ccc(-c2ccc3c(c2)CCC3=O)c(OC(C)(C)C(=O)OCC2CCC2)c1OC. The van der Waals surface area contributed by atoms with Crippen LogP contribution in [0.15, 0.2) is 30.3 Å². The molecule has 0 radical (unpaired) electrons. The lowest BCUT2D eigenvalue weighted by molar-refractivity contribution is -0.161. The van der Waals surface area contributed by atoms with Gasteiger partial charge in [-0.05, 0) is 62.3 Å². The van der Waals surface area contributed by atoms with Crippen molar-refractivity contribution < 1.29 is 28.5 Å². The Morgan fingerprint density at radius 1 is 1.00 bits per heavy atom. The normalized spacial score (nSPS) is 15.7. The number of ketones is 1. The Morgan fingerprint density at radius 3 is 2.41 bits per heavy atom. The zero-order valence-electron chi connectivity index (χ0n) is 19.2. The van der Waals surface area contributed by atoms with Crippen molar-refractivity contribution in [3.8, 4) is 28.4 Å². The van der Waals surface area contributed by atoms with E-state index < -0.39 is 11.6 Å². The van der Waals surface area contributed by atoms with Gasteiger partial charge in [0, 0.05) is 17.5 Å². The van der Waals surface area contributed by atoms with E-state index in [-0.39, 0.29) is 5.78 Å². The molecule has 0 spiro atoms. The number of hydrogen-bond acceptors (Lipinski definition) is 6. The fraction of sp³-hybridized carbons (Fsp3) is 0.462. The maximum Gasteiger partial charge on any atom is 0.349 e. The molecule has 4 rings (SSSR count). The molecule has 0 aromatic heterocycles. The Balaban J connectivity index is 1.69. The summed E-state index contributed by atoms with van der Waals surface area (Å²) in [5, 5.41) is 0. The van der Waals surface area contributed by atoms with Gasteiger partial charge in [-0.25, -0.2) is 4.79 Å². The number of carbonyl (C=O) groups is 2. The van der Waals surface area contributed by atoms with Crippen LogP contribution in [-0.4, -0.2) is 38.2 Å². The molecule has 6 heteroatoms. The van der Waals surface area contributed by atoms with Crippen molar-refractivity contribution >= 4 is 11.8 Å². The average Bonchev–Trinajstić information content (AvgIpc) is 3.12. The van der Waals surface area contributed by atoms with Gasteiger partial charge in [0.2, 0.25) is 5.75 Å². The van der Waals surface area contributed by atoms with Gasteiger partial charge < -0.3 is 18.9 Å². The Labute approximate surface area is 188 Å². The molecule has 0 amide bonds. The lowest BCUT2D eigenvalue weighted by Crippen LogP contribution is -2.41. The number of aryl methyl sites for hydroxylation is 1. The predicted octanol–water partition coefficient (Wildman–Crippen LogP) is 5.00. The van der Waals surface area contributed by atoms with Gasteiger partial charge in [-0.1, -0.05) is 24.6 Å². The second-order valence-electron chi connectivity index (χ2n) is 8.98. The summed E-state index contributed by atoms with van der Waals surface area (Å²) in [7, 11) is 3.10. The van der Waals surface area contributed by atoms with E-state index in [1.54, 1.807) is 27.0 Å². The maximum absolute atomic E-state index is 12.8. The van der Waals surface area contributed by atoms with Crippen LogP contribution < -0.4 is 14.2 Å². The molecule has 2 aliphatic carbocycles. The van der Waals surface area contributed by atoms with Gasteiger partial charge in [-0.3, -0.25) is 4.79 Å². The van der Waals surface area contributed by atoms with Crippen LogP contribution in [0.25, 0.3) is 11.1 Å². The van der Waals surface area contributed by atoms with E-state index in [0.717, 1.165) is 41.5 Å². The summed E-state index contributed by atoms with van der Waals surface area (Å²) in [5.74, 6) is 1.51. The second-order valence-corrected chi connectivity index (χ2v) is 8.98. The Morgan fingerprint density at radius 2 is 1.75 bits per heavy atom. The van der Waals surface area contributed by atoms with E-state index in [1.807, 2.05) is 24.3 Å². The molecule has 0 atom stereocenters. The molecule has 1 saturated carbocycles. The molecule has 2 aliphatic rings. The Hall–Kier alpha value is -3.02. The van der Waals surface area contributed by atoms with Crippen molar-refractivity contribution in [1.29, 1.82) is 0 Å².